The Bertz CT molecular complexity index is 952. The number of rotatable bonds is 5. The Balaban J connectivity index is 2.79. The number of benzene rings is 2. The Kier molecular flexibility index (Phi) is 5.80. The van der Waals surface area contributed by atoms with E-state index in [1.807, 2.05) is 0 Å². The fourth-order valence-electron chi connectivity index (χ4n) is 2.45. The first-order valence-corrected chi connectivity index (χ1v) is 10.3. The van der Waals surface area contributed by atoms with Gasteiger partial charge in [-0.05, 0) is 35.9 Å². The Hall–Kier alpha value is -1.99. The van der Waals surface area contributed by atoms with Crippen LogP contribution in [0, 0.1) is 0 Å². The molecule has 0 atom stereocenters. The highest BCUT2D eigenvalue weighted by Crippen LogP contribution is 2.35. The average Bonchev–Trinajstić information content (AvgIpc) is 2.53. The summed E-state index contributed by atoms with van der Waals surface area (Å²) in [4.78, 5) is 24.0. The number of hydrogen-bond acceptors (Lipinski definition) is 4. The molecule has 0 spiro atoms. The predicted octanol–water partition coefficient (Wildman–Crippen LogP) is 4.07. The van der Waals surface area contributed by atoms with Gasteiger partial charge in [-0.25, -0.2) is 8.42 Å². The molecule has 0 aliphatic heterocycles. The number of anilines is 1. The molecule has 0 unspecified atom stereocenters. The largest absolute Gasteiger partial charge is 0.326 e. The normalized spacial score (nSPS) is 11.2. The minimum absolute atomic E-state index is 0.0742. The van der Waals surface area contributed by atoms with Crippen LogP contribution in [0.2, 0.25) is 0 Å². The third kappa shape index (κ3) is 4.55. The quantitative estimate of drug-likeness (QED) is 0.734. The van der Waals surface area contributed by atoms with E-state index < -0.39 is 9.84 Å². The van der Waals surface area contributed by atoms with Gasteiger partial charge in [0, 0.05) is 40.9 Å². The Morgan fingerprint density at radius 1 is 1.08 bits per heavy atom. The lowest BCUT2D eigenvalue weighted by Gasteiger charge is -2.15. The van der Waals surface area contributed by atoms with E-state index in [-0.39, 0.29) is 16.6 Å². The van der Waals surface area contributed by atoms with E-state index in [2.05, 4.69) is 21.2 Å². The third-order valence-corrected chi connectivity index (χ3v) is 5.23. The number of halogens is 1. The van der Waals surface area contributed by atoms with E-state index >= 15 is 0 Å². The van der Waals surface area contributed by atoms with Crippen LogP contribution in [-0.2, 0) is 14.6 Å². The molecule has 2 rings (SSSR count). The summed E-state index contributed by atoms with van der Waals surface area (Å²) in [5, 5.41) is 2.69. The van der Waals surface area contributed by atoms with Gasteiger partial charge in [-0.2, -0.15) is 0 Å². The van der Waals surface area contributed by atoms with Crippen LogP contribution in [0.1, 0.15) is 30.6 Å². The minimum atomic E-state index is -3.43. The molecular formula is C18H18BrNO4S. The lowest BCUT2D eigenvalue weighted by molar-refractivity contribution is -0.114. The van der Waals surface area contributed by atoms with Gasteiger partial charge in [0.1, 0.15) is 0 Å². The molecule has 2 aromatic rings. The fraction of sp³-hybridized carbons (Fsp3) is 0.222. The van der Waals surface area contributed by atoms with Gasteiger partial charge >= 0.3 is 0 Å². The van der Waals surface area contributed by atoms with Crippen molar-refractivity contribution in [1.29, 1.82) is 0 Å². The van der Waals surface area contributed by atoms with Gasteiger partial charge in [-0.3, -0.25) is 9.59 Å². The molecule has 7 heteroatoms. The van der Waals surface area contributed by atoms with Gasteiger partial charge in [0.2, 0.25) is 5.91 Å². The second-order valence-electron chi connectivity index (χ2n) is 5.63. The first-order valence-electron chi connectivity index (χ1n) is 7.58. The molecule has 0 aromatic heterocycles. The van der Waals surface area contributed by atoms with Crippen LogP contribution in [0.25, 0.3) is 11.1 Å². The van der Waals surface area contributed by atoms with E-state index in [4.69, 9.17) is 0 Å². The van der Waals surface area contributed by atoms with Gasteiger partial charge < -0.3 is 5.32 Å². The lowest BCUT2D eigenvalue weighted by atomic mass is 9.95. The maximum absolute atomic E-state index is 12.3. The molecule has 0 fully saturated rings. The van der Waals surface area contributed by atoms with Gasteiger partial charge in [0.15, 0.2) is 15.6 Å². The fourth-order valence-corrected chi connectivity index (χ4v) is 3.46. The Morgan fingerprint density at radius 2 is 1.76 bits per heavy atom. The molecule has 1 amide bonds. The molecule has 0 saturated carbocycles. The lowest BCUT2D eigenvalue weighted by Crippen LogP contribution is -2.09. The van der Waals surface area contributed by atoms with Gasteiger partial charge in [0.05, 0.1) is 4.90 Å². The van der Waals surface area contributed by atoms with Crippen molar-refractivity contribution >= 4 is 43.1 Å². The van der Waals surface area contributed by atoms with Crippen molar-refractivity contribution in [2.24, 2.45) is 0 Å². The first-order chi connectivity index (χ1) is 11.6. The molecule has 0 radical (unpaired) electrons. The number of carbonyl (C=O) groups is 2. The number of ketones is 1. The SMILES string of the molecule is CCC(=O)c1cc(Br)ccc1-c1cc(S(C)(=O)=O)ccc1NC(C)=O. The number of hydrogen-bond donors (Lipinski definition) is 1. The van der Waals surface area contributed by atoms with Gasteiger partial charge in [-0.1, -0.05) is 28.9 Å². The molecule has 0 heterocycles. The highest BCUT2D eigenvalue weighted by atomic mass is 79.9. The van der Waals surface area contributed by atoms with Crippen molar-refractivity contribution in [3.05, 3.63) is 46.4 Å². The first kappa shape index (κ1) is 19.3. The second kappa shape index (κ2) is 7.49. The Morgan fingerprint density at radius 3 is 2.32 bits per heavy atom. The molecule has 132 valence electrons. The molecule has 5 nitrogen and oxygen atoms in total. The molecule has 0 saturated heterocycles. The predicted molar refractivity (Wildman–Crippen MR) is 102 cm³/mol. The van der Waals surface area contributed by atoms with E-state index in [9.17, 15) is 18.0 Å². The number of carbonyl (C=O) groups excluding carboxylic acids is 2. The number of amides is 1. The van der Waals surface area contributed by atoms with Crippen LogP contribution in [0.4, 0.5) is 5.69 Å². The average molecular weight is 424 g/mol. The number of sulfone groups is 1. The zero-order valence-electron chi connectivity index (χ0n) is 14.1. The highest BCUT2D eigenvalue weighted by molar-refractivity contribution is 9.10. The van der Waals surface area contributed by atoms with Crippen LogP contribution in [0.15, 0.2) is 45.8 Å². The zero-order chi connectivity index (χ0) is 18.8. The van der Waals surface area contributed by atoms with Crippen molar-refractivity contribution in [2.75, 3.05) is 11.6 Å². The topological polar surface area (TPSA) is 80.3 Å². The van der Waals surface area contributed by atoms with Crippen LogP contribution in [-0.4, -0.2) is 26.4 Å². The molecule has 0 bridgehead atoms. The summed E-state index contributed by atoms with van der Waals surface area (Å²) in [6, 6.07) is 9.66. The van der Waals surface area contributed by atoms with Crippen LogP contribution in [0.3, 0.4) is 0 Å². The summed E-state index contributed by atoms with van der Waals surface area (Å²) in [7, 11) is -3.43. The van der Waals surface area contributed by atoms with Crippen molar-refractivity contribution in [1.82, 2.24) is 0 Å². The number of nitrogens with one attached hydrogen (secondary N) is 1. The summed E-state index contributed by atoms with van der Waals surface area (Å²) < 4.78 is 24.6. The Labute approximate surface area is 155 Å². The van der Waals surface area contributed by atoms with Crippen LogP contribution < -0.4 is 5.32 Å². The summed E-state index contributed by atoms with van der Waals surface area (Å²) in [6.45, 7) is 3.13. The molecule has 0 aliphatic carbocycles. The minimum Gasteiger partial charge on any atom is -0.326 e. The zero-order valence-corrected chi connectivity index (χ0v) is 16.5. The third-order valence-electron chi connectivity index (χ3n) is 3.62. The van der Waals surface area contributed by atoms with E-state index in [1.54, 1.807) is 25.1 Å². The smallest absolute Gasteiger partial charge is 0.221 e. The second-order valence-corrected chi connectivity index (χ2v) is 8.56. The summed E-state index contributed by atoms with van der Waals surface area (Å²) in [6.07, 6.45) is 1.43. The van der Waals surface area contributed by atoms with Crippen LogP contribution in [0.5, 0.6) is 0 Å². The summed E-state index contributed by atoms with van der Waals surface area (Å²) >= 11 is 3.35. The molecular weight excluding hydrogens is 406 g/mol. The summed E-state index contributed by atoms with van der Waals surface area (Å²) in [5.41, 5.74) is 1.98. The van der Waals surface area contributed by atoms with E-state index in [1.165, 1.54) is 25.1 Å². The van der Waals surface area contributed by atoms with E-state index in [0.717, 1.165) is 10.7 Å². The maximum atomic E-state index is 12.3. The van der Waals surface area contributed by atoms with Crippen molar-refractivity contribution in [3.8, 4) is 11.1 Å². The van der Waals surface area contributed by atoms with E-state index in [0.29, 0.717) is 28.8 Å². The van der Waals surface area contributed by atoms with Crippen molar-refractivity contribution in [3.63, 3.8) is 0 Å². The van der Waals surface area contributed by atoms with Crippen molar-refractivity contribution < 1.29 is 18.0 Å². The molecule has 0 aliphatic rings. The molecule has 2 aromatic carbocycles. The van der Waals surface area contributed by atoms with Crippen LogP contribution >= 0.6 is 15.9 Å². The van der Waals surface area contributed by atoms with Gasteiger partial charge in [-0.15, -0.1) is 0 Å². The highest BCUT2D eigenvalue weighted by Gasteiger charge is 2.18. The maximum Gasteiger partial charge on any atom is 0.221 e. The molecule has 1 N–H and O–H groups in total. The molecule has 25 heavy (non-hydrogen) atoms. The number of Topliss-reactive ketones (excluding diaryl/α,β-unsaturated/α-hetero) is 1. The monoisotopic (exact) mass is 423 g/mol. The standard InChI is InChI=1S/C18H18BrNO4S/c1-4-18(22)16-9-12(19)5-7-14(16)15-10-13(25(3,23)24)6-8-17(15)20-11(2)21/h5-10H,4H2,1-3H3,(H,20,21). The summed E-state index contributed by atoms with van der Waals surface area (Å²) in [5.74, 6) is -0.358. The van der Waals surface area contributed by atoms with Gasteiger partial charge in [0.25, 0.3) is 0 Å². The van der Waals surface area contributed by atoms with Crippen molar-refractivity contribution in [2.45, 2.75) is 25.2 Å².